The van der Waals surface area contributed by atoms with E-state index in [4.69, 9.17) is 28.9 Å². The zero-order valence-corrected chi connectivity index (χ0v) is 14.8. The Morgan fingerprint density at radius 1 is 1.26 bits per heavy atom. The molecule has 2 N–H and O–H groups in total. The minimum absolute atomic E-state index is 0.0463. The van der Waals surface area contributed by atoms with Crippen LogP contribution in [0.4, 0.5) is 0 Å². The van der Waals surface area contributed by atoms with Gasteiger partial charge in [0.2, 0.25) is 0 Å². The van der Waals surface area contributed by atoms with Gasteiger partial charge in [0.25, 0.3) is 0 Å². The standard InChI is InChI=1S/C13H12BrCl2NS2/c1-7(17)13(12-4-8(14)6-18-12)19-9-2-3-10(15)11(16)5-9/h2-7,13H,17H2,1H3. The predicted octanol–water partition coefficient (Wildman–Crippen LogP) is 6.00. The number of hydrogen-bond donors (Lipinski definition) is 1. The van der Waals surface area contributed by atoms with Crippen molar-refractivity contribution in [2.24, 2.45) is 5.73 Å². The zero-order valence-electron chi connectivity index (χ0n) is 10.1. The molecule has 0 saturated carbocycles. The topological polar surface area (TPSA) is 26.0 Å². The quantitative estimate of drug-likeness (QED) is 0.641. The van der Waals surface area contributed by atoms with Gasteiger partial charge in [-0.05, 0) is 47.1 Å². The van der Waals surface area contributed by atoms with Gasteiger partial charge in [-0.2, -0.15) is 0 Å². The molecule has 1 heterocycles. The Morgan fingerprint density at radius 2 is 2.00 bits per heavy atom. The van der Waals surface area contributed by atoms with E-state index in [1.54, 1.807) is 23.1 Å². The number of benzene rings is 1. The fraction of sp³-hybridized carbons (Fsp3) is 0.231. The highest BCUT2D eigenvalue weighted by atomic mass is 79.9. The lowest BCUT2D eigenvalue weighted by atomic mass is 10.2. The highest BCUT2D eigenvalue weighted by Gasteiger charge is 2.20. The molecular formula is C13H12BrCl2NS2. The van der Waals surface area contributed by atoms with Crippen LogP contribution in [-0.4, -0.2) is 6.04 Å². The van der Waals surface area contributed by atoms with Crippen LogP contribution in [0.1, 0.15) is 17.1 Å². The number of thiophene rings is 1. The molecular weight excluding hydrogens is 385 g/mol. The van der Waals surface area contributed by atoms with Crippen molar-refractivity contribution in [3.8, 4) is 0 Å². The molecule has 2 aromatic rings. The van der Waals surface area contributed by atoms with Crippen LogP contribution in [0.25, 0.3) is 0 Å². The molecule has 1 aromatic heterocycles. The SMILES string of the molecule is CC(N)C(Sc1ccc(Cl)c(Cl)c1)c1cc(Br)cs1. The Morgan fingerprint density at radius 3 is 2.53 bits per heavy atom. The minimum Gasteiger partial charge on any atom is -0.327 e. The van der Waals surface area contributed by atoms with Gasteiger partial charge in [-0.25, -0.2) is 0 Å². The summed E-state index contributed by atoms with van der Waals surface area (Å²) >= 11 is 18.9. The Hall–Kier alpha value is 0.290. The van der Waals surface area contributed by atoms with Crippen molar-refractivity contribution in [2.45, 2.75) is 23.1 Å². The first-order valence-electron chi connectivity index (χ1n) is 5.58. The average Bonchev–Trinajstić information content (AvgIpc) is 2.76. The second-order valence-electron chi connectivity index (χ2n) is 4.14. The summed E-state index contributed by atoms with van der Waals surface area (Å²) in [5, 5.41) is 3.42. The summed E-state index contributed by atoms with van der Waals surface area (Å²) in [6, 6.07) is 7.83. The van der Waals surface area contributed by atoms with Crippen molar-refractivity contribution in [3.05, 3.63) is 49.0 Å². The summed E-state index contributed by atoms with van der Waals surface area (Å²) in [5.41, 5.74) is 6.11. The van der Waals surface area contributed by atoms with Crippen LogP contribution in [0.2, 0.25) is 10.0 Å². The third-order valence-corrected chi connectivity index (χ3v) is 6.63. The Balaban J connectivity index is 2.23. The average molecular weight is 397 g/mol. The predicted molar refractivity (Wildman–Crippen MR) is 90.7 cm³/mol. The molecule has 2 atom stereocenters. The molecule has 0 aliphatic carbocycles. The summed E-state index contributed by atoms with van der Waals surface area (Å²) < 4.78 is 1.09. The van der Waals surface area contributed by atoms with Crippen LogP contribution in [0.5, 0.6) is 0 Å². The number of nitrogens with two attached hydrogens (primary N) is 1. The second kappa shape index (κ2) is 6.83. The van der Waals surface area contributed by atoms with Crippen molar-refractivity contribution in [1.82, 2.24) is 0 Å². The van der Waals surface area contributed by atoms with Crippen molar-refractivity contribution >= 4 is 62.2 Å². The first-order chi connectivity index (χ1) is 8.97. The lowest BCUT2D eigenvalue weighted by molar-refractivity contribution is 0.730. The van der Waals surface area contributed by atoms with Crippen LogP contribution < -0.4 is 5.73 Å². The van der Waals surface area contributed by atoms with Gasteiger partial charge in [-0.15, -0.1) is 23.1 Å². The van der Waals surface area contributed by atoms with Crippen LogP contribution >= 0.6 is 62.2 Å². The summed E-state index contributed by atoms with van der Waals surface area (Å²) in [6.07, 6.45) is 0. The van der Waals surface area contributed by atoms with E-state index >= 15 is 0 Å². The van der Waals surface area contributed by atoms with E-state index in [0.29, 0.717) is 10.0 Å². The third kappa shape index (κ3) is 4.13. The fourth-order valence-corrected chi connectivity index (χ4v) is 4.84. The van der Waals surface area contributed by atoms with Crippen LogP contribution in [-0.2, 0) is 0 Å². The number of rotatable bonds is 4. The van der Waals surface area contributed by atoms with Crippen LogP contribution in [0.15, 0.2) is 39.0 Å². The Labute approximate surface area is 139 Å². The molecule has 0 amide bonds. The lowest BCUT2D eigenvalue weighted by Crippen LogP contribution is -2.21. The molecule has 0 fully saturated rings. The zero-order chi connectivity index (χ0) is 14.0. The largest absolute Gasteiger partial charge is 0.327 e. The highest BCUT2D eigenvalue weighted by Crippen LogP contribution is 2.42. The third-order valence-electron chi connectivity index (χ3n) is 2.50. The van der Waals surface area contributed by atoms with Crippen LogP contribution in [0, 0.1) is 0 Å². The van der Waals surface area contributed by atoms with Gasteiger partial charge in [0, 0.05) is 25.7 Å². The highest BCUT2D eigenvalue weighted by molar-refractivity contribution is 9.10. The van der Waals surface area contributed by atoms with Crippen molar-refractivity contribution in [3.63, 3.8) is 0 Å². The number of halogens is 3. The molecule has 102 valence electrons. The van der Waals surface area contributed by atoms with E-state index in [-0.39, 0.29) is 11.3 Å². The van der Waals surface area contributed by atoms with E-state index in [9.17, 15) is 0 Å². The fourth-order valence-electron chi connectivity index (χ4n) is 1.60. The van der Waals surface area contributed by atoms with Gasteiger partial charge in [-0.3, -0.25) is 0 Å². The normalized spacial score (nSPS) is 14.4. The van der Waals surface area contributed by atoms with E-state index < -0.39 is 0 Å². The van der Waals surface area contributed by atoms with Gasteiger partial charge in [-0.1, -0.05) is 23.2 Å². The minimum atomic E-state index is 0.0463. The van der Waals surface area contributed by atoms with Gasteiger partial charge >= 0.3 is 0 Å². The molecule has 2 unspecified atom stereocenters. The van der Waals surface area contributed by atoms with Gasteiger partial charge < -0.3 is 5.73 Å². The monoisotopic (exact) mass is 395 g/mol. The molecule has 0 spiro atoms. The van der Waals surface area contributed by atoms with E-state index in [0.717, 1.165) is 9.37 Å². The summed E-state index contributed by atoms with van der Waals surface area (Å²) in [6.45, 7) is 2.02. The first kappa shape index (κ1) is 15.7. The van der Waals surface area contributed by atoms with E-state index in [2.05, 4.69) is 27.4 Å². The van der Waals surface area contributed by atoms with Crippen LogP contribution in [0.3, 0.4) is 0 Å². The molecule has 0 bridgehead atoms. The Bertz CT molecular complexity index is 572. The van der Waals surface area contributed by atoms with Crippen molar-refractivity contribution in [2.75, 3.05) is 0 Å². The first-order valence-corrected chi connectivity index (χ1v) is 8.89. The molecule has 0 aliphatic heterocycles. The summed E-state index contributed by atoms with van der Waals surface area (Å²) in [4.78, 5) is 2.32. The summed E-state index contributed by atoms with van der Waals surface area (Å²) in [5.74, 6) is 0. The molecule has 0 saturated heterocycles. The van der Waals surface area contributed by atoms with E-state index in [1.165, 1.54) is 4.88 Å². The van der Waals surface area contributed by atoms with Gasteiger partial charge in [0.1, 0.15) is 0 Å². The molecule has 2 rings (SSSR count). The second-order valence-corrected chi connectivity index (χ2v) is 8.03. The smallest absolute Gasteiger partial charge is 0.0603 e. The maximum absolute atomic E-state index is 6.11. The lowest BCUT2D eigenvalue weighted by Gasteiger charge is -2.19. The maximum atomic E-state index is 6.11. The Kier molecular flexibility index (Phi) is 5.64. The molecule has 6 heteroatoms. The molecule has 0 aliphatic rings. The molecule has 1 nitrogen and oxygen atoms in total. The molecule has 0 radical (unpaired) electrons. The van der Waals surface area contributed by atoms with Gasteiger partial charge in [0.05, 0.1) is 15.3 Å². The van der Waals surface area contributed by atoms with Gasteiger partial charge in [0.15, 0.2) is 0 Å². The maximum Gasteiger partial charge on any atom is 0.0603 e. The molecule has 1 aromatic carbocycles. The summed E-state index contributed by atoms with van der Waals surface area (Å²) in [7, 11) is 0. The van der Waals surface area contributed by atoms with E-state index in [1.807, 2.05) is 25.1 Å². The molecule has 19 heavy (non-hydrogen) atoms. The number of hydrogen-bond acceptors (Lipinski definition) is 3. The number of thioether (sulfide) groups is 1. The van der Waals surface area contributed by atoms with Crippen molar-refractivity contribution in [1.29, 1.82) is 0 Å². The van der Waals surface area contributed by atoms with Crippen molar-refractivity contribution < 1.29 is 0 Å².